The molecule has 118 valence electrons. The number of nitrogens with one attached hydrogen (secondary N) is 1. The van der Waals surface area contributed by atoms with Crippen molar-refractivity contribution in [3.8, 4) is 0 Å². The number of hydrogen-bond donors (Lipinski definition) is 3. The van der Waals surface area contributed by atoms with Gasteiger partial charge in [-0.05, 0) is 30.7 Å². The summed E-state index contributed by atoms with van der Waals surface area (Å²) >= 11 is 0. The molecule has 0 aliphatic heterocycles. The maximum absolute atomic E-state index is 11.9. The third kappa shape index (κ3) is 5.08. The molecule has 0 aromatic heterocycles. The molecular weight excluding hydrogens is 322 g/mol. The summed E-state index contributed by atoms with van der Waals surface area (Å²) in [7, 11) is -7.31. The summed E-state index contributed by atoms with van der Waals surface area (Å²) in [5, 5.41) is 17.5. The fourth-order valence-corrected chi connectivity index (χ4v) is 3.08. The van der Waals surface area contributed by atoms with Crippen LogP contribution in [0, 0.1) is 0 Å². The van der Waals surface area contributed by atoms with E-state index in [9.17, 15) is 21.6 Å². The van der Waals surface area contributed by atoms with Gasteiger partial charge in [0.05, 0.1) is 9.79 Å². The third-order valence-electron chi connectivity index (χ3n) is 2.56. The van der Waals surface area contributed by atoms with Crippen molar-refractivity contribution >= 4 is 25.8 Å². The van der Waals surface area contributed by atoms with Gasteiger partial charge in [0, 0.05) is 12.8 Å². The van der Waals surface area contributed by atoms with Crippen molar-refractivity contribution in [2.45, 2.75) is 22.3 Å². The molecular formula is C11H15NO7S2. The Hall–Kier alpha value is -1.49. The van der Waals surface area contributed by atoms with Crippen LogP contribution in [0.25, 0.3) is 0 Å². The predicted molar refractivity (Wildman–Crippen MR) is 73.0 cm³/mol. The fourth-order valence-electron chi connectivity index (χ4n) is 1.40. The van der Waals surface area contributed by atoms with E-state index in [1.165, 1.54) is 0 Å². The monoisotopic (exact) mass is 337 g/mol. The zero-order chi connectivity index (χ0) is 16.3. The van der Waals surface area contributed by atoms with E-state index < -0.39 is 31.9 Å². The Morgan fingerprint density at radius 1 is 1.14 bits per heavy atom. The van der Waals surface area contributed by atoms with Gasteiger partial charge in [0.1, 0.15) is 0 Å². The van der Waals surface area contributed by atoms with Gasteiger partial charge in [-0.3, -0.25) is 0 Å². The zero-order valence-electron chi connectivity index (χ0n) is 11.1. The number of carbonyl (C=O) groups is 1. The molecule has 1 aromatic carbocycles. The highest BCUT2D eigenvalue weighted by molar-refractivity contribution is 7.90. The van der Waals surface area contributed by atoms with Gasteiger partial charge in [-0.1, -0.05) is 0 Å². The van der Waals surface area contributed by atoms with Crippen LogP contribution in [0.2, 0.25) is 0 Å². The van der Waals surface area contributed by atoms with Crippen LogP contribution in [-0.2, 0) is 24.7 Å². The van der Waals surface area contributed by atoms with E-state index in [1.54, 1.807) is 0 Å². The molecule has 0 saturated heterocycles. The van der Waals surface area contributed by atoms with Crippen LogP contribution in [-0.4, -0.2) is 51.9 Å². The first-order chi connectivity index (χ1) is 9.54. The van der Waals surface area contributed by atoms with Crippen molar-refractivity contribution in [3.63, 3.8) is 0 Å². The summed E-state index contributed by atoms with van der Waals surface area (Å²) in [6.07, 6.45) is -0.932. The minimum atomic E-state index is -3.89. The lowest BCUT2D eigenvalue weighted by atomic mass is 10.3. The standard InChI is InChI=1S/C11H15NO7S2/c1-20(16,17)8-2-4-9(5-3-8)21(18,19)12-7-6-10(13)11(14)15/h2-5,10,12-13H,6-7H2,1H3,(H,14,15)/t10-/m0/s1. The molecule has 1 atom stereocenters. The first-order valence-electron chi connectivity index (χ1n) is 5.75. The van der Waals surface area contributed by atoms with Crippen molar-refractivity contribution in [3.05, 3.63) is 24.3 Å². The number of sulfone groups is 1. The SMILES string of the molecule is CS(=O)(=O)c1ccc(S(=O)(=O)NCC[C@H](O)C(=O)O)cc1. The second kappa shape index (κ2) is 6.52. The summed E-state index contributed by atoms with van der Waals surface area (Å²) in [6.45, 7) is -0.260. The molecule has 3 N–H and O–H groups in total. The second-order valence-electron chi connectivity index (χ2n) is 4.28. The molecule has 0 aliphatic rings. The maximum Gasteiger partial charge on any atom is 0.332 e. The number of aliphatic carboxylic acids is 1. The number of benzene rings is 1. The van der Waals surface area contributed by atoms with Gasteiger partial charge in [0.2, 0.25) is 10.0 Å². The van der Waals surface area contributed by atoms with Gasteiger partial charge in [0.25, 0.3) is 0 Å². The van der Waals surface area contributed by atoms with Gasteiger partial charge in [0.15, 0.2) is 15.9 Å². The molecule has 1 rings (SSSR count). The van der Waals surface area contributed by atoms with E-state index >= 15 is 0 Å². The number of carboxylic acid groups (broad SMARTS) is 1. The molecule has 0 fully saturated rings. The molecule has 0 radical (unpaired) electrons. The quantitative estimate of drug-likeness (QED) is 0.592. The summed E-state index contributed by atoms with van der Waals surface area (Å²) in [4.78, 5) is 10.2. The molecule has 21 heavy (non-hydrogen) atoms. The number of aliphatic hydroxyl groups excluding tert-OH is 1. The predicted octanol–water partition coefficient (Wildman–Crippen LogP) is -0.796. The van der Waals surface area contributed by atoms with Crippen LogP contribution in [0.3, 0.4) is 0 Å². The van der Waals surface area contributed by atoms with Gasteiger partial charge >= 0.3 is 5.97 Å². The van der Waals surface area contributed by atoms with Crippen LogP contribution in [0.15, 0.2) is 34.1 Å². The molecule has 0 unspecified atom stereocenters. The summed E-state index contributed by atoms with van der Waals surface area (Å²) in [5.41, 5.74) is 0. The van der Waals surface area contributed by atoms with Crippen molar-refractivity contribution in [1.82, 2.24) is 4.72 Å². The Morgan fingerprint density at radius 2 is 1.62 bits per heavy atom. The van der Waals surface area contributed by atoms with Crippen molar-refractivity contribution in [1.29, 1.82) is 0 Å². The van der Waals surface area contributed by atoms with Crippen molar-refractivity contribution < 1.29 is 31.8 Å². The van der Waals surface area contributed by atoms with E-state index in [1.807, 2.05) is 0 Å². The Morgan fingerprint density at radius 3 is 2.05 bits per heavy atom. The van der Waals surface area contributed by atoms with Crippen LogP contribution < -0.4 is 4.72 Å². The highest BCUT2D eigenvalue weighted by Gasteiger charge is 2.18. The first kappa shape index (κ1) is 17.6. The normalized spacial score (nSPS) is 13.8. The maximum atomic E-state index is 11.9. The number of rotatable bonds is 7. The molecule has 8 nitrogen and oxygen atoms in total. The molecule has 0 bridgehead atoms. The van der Waals surface area contributed by atoms with Crippen molar-refractivity contribution in [2.24, 2.45) is 0 Å². The number of carboxylic acids is 1. The molecule has 0 amide bonds. The highest BCUT2D eigenvalue weighted by Crippen LogP contribution is 2.14. The fraction of sp³-hybridized carbons (Fsp3) is 0.364. The van der Waals surface area contributed by atoms with Crippen molar-refractivity contribution in [2.75, 3.05) is 12.8 Å². The number of hydrogen-bond acceptors (Lipinski definition) is 6. The van der Waals surface area contributed by atoms with Crippen LogP contribution in [0.4, 0.5) is 0 Å². The van der Waals surface area contributed by atoms with E-state index in [2.05, 4.69) is 4.72 Å². The van der Waals surface area contributed by atoms with Crippen LogP contribution in [0.5, 0.6) is 0 Å². The Labute approximate surface area is 122 Å². The Kier molecular flexibility index (Phi) is 5.45. The minimum absolute atomic E-state index is 0.0113. The molecule has 0 spiro atoms. The largest absolute Gasteiger partial charge is 0.479 e. The number of aliphatic hydroxyl groups is 1. The lowest BCUT2D eigenvalue weighted by molar-refractivity contribution is -0.146. The molecule has 0 saturated carbocycles. The average Bonchev–Trinajstić information content (AvgIpc) is 2.37. The summed E-state index contributed by atoms with van der Waals surface area (Å²) in [6, 6.07) is 4.59. The van der Waals surface area contributed by atoms with Gasteiger partial charge in [-0.15, -0.1) is 0 Å². The molecule has 0 aliphatic carbocycles. The minimum Gasteiger partial charge on any atom is -0.479 e. The van der Waals surface area contributed by atoms with E-state index in [0.717, 1.165) is 30.5 Å². The zero-order valence-corrected chi connectivity index (χ0v) is 12.7. The van der Waals surface area contributed by atoms with Gasteiger partial charge in [-0.2, -0.15) is 0 Å². The summed E-state index contributed by atoms with van der Waals surface area (Å²) < 4.78 is 48.3. The van der Waals surface area contributed by atoms with E-state index in [0.29, 0.717) is 0 Å². The lowest BCUT2D eigenvalue weighted by Crippen LogP contribution is -2.30. The second-order valence-corrected chi connectivity index (χ2v) is 8.07. The summed E-state index contributed by atoms with van der Waals surface area (Å²) in [5.74, 6) is -1.44. The highest BCUT2D eigenvalue weighted by atomic mass is 32.2. The van der Waals surface area contributed by atoms with Crippen LogP contribution >= 0.6 is 0 Å². The van der Waals surface area contributed by atoms with Crippen LogP contribution in [0.1, 0.15) is 6.42 Å². The smallest absolute Gasteiger partial charge is 0.332 e. The average molecular weight is 337 g/mol. The number of sulfonamides is 1. The van der Waals surface area contributed by atoms with Gasteiger partial charge in [-0.25, -0.2) is 26.4 Å². The Bertz CT molecular complexity index is 707. The lowest BCUT2D eigenvalue weighted by Gasteiger charge is -2.08. The van der Waals surface area contributed by atoms with E-state index in [4.69, 9.17) is 10.2 Å². The topological polar surface area (TPSA) is 138 Å². The molecule has 0 heterocycles. The molecule has 10 heteroatoms. The first-order valence-corrected chi connectivity index (χ1v) is 9.12. The Balaban J connectivity index is 2.77. The molecule has 1 aromatic rings. The van der Waals surface area contributed by atoms with Gasteiger partial charge < -0.3 is 10.2 Å². The van der Waals surface area contributed by atoms with E-state index in [-0.39, 0.29) is 22.8 Å². The third-order valence-corrected chi connectivity index (χ3v) is 5.16.